The molecule has 0 saturated heterocycles. The van der Waals surface area contributed by atoms with Gasteiger partial charge in [0.1, 0.15) is 24.3 Å². The summed E-state index contributed by atoms with van der Waals surface area (Å²) in [6.45, 7) is 2.75. The molecule has 0 amide bonds. The van der Waals surface area contributed by atoms with Crippen LogP contribution in [0.4, 0.5) is 0 Å². The van der Waals surface area contributed by atoms with Crippen molar-refractivity contribution in [3.05, 3.63) is 59.4 Å². The van der Waals surface area contributed by atoms with Crippen LogP contribution in [0.25, 0.3) is 11.0 Å². The Kier molecular flexibility index (Phi) is 4.32. The zero-order valence-electron chi connectivity index (χ0n) is 12.2. The van der Waals surface area contributed by atoms with Gasteiger partial charge in [0.05, 0.1) is 22.6 Å². The van der Waals surface area contributed by atoms with Crippen molar-refractivity contribution in [2.75, 3.05) is 6.61 Å². The fourth-order valence-electron chi connectivity index (χ4n) is 2.46. The number of para-hydroxylation sites is 3. The van der Waals surface area contributed by atoms with E-state index < -0.39 is 6.10 Å². The van der Waals surface area contributed by atoms with Gasteiger partial charge in [-0.15, -0.1) is 0 Å². The Bertz CT molecular complexity index is 783. The highest BCUT2D eigenvalue weighted by atomic mass is 35.5. The Labute approximate surface area is 133 Å². The second kappa shape index (κ2) is 6.38. The lowest BCUT2D eigenvalue weighted by molar-refractivity contribution is 0.181. The molecule has 0 bridgehead atoms. The number of benzene rings is 2. The summed E-state index contributed by atoms with van der Waals surface area (Å²) in [5, 5.41) is 10.5. The molecule has 114 valence electrons. The summed E-state index contributed by atoms with van der Waals surface area (Å²) < 4.78 is 7.71. The van der Waals surface area contributed by atoms with Crippen molar-refractivity contribution in [2.45, 2.75) is 19.6 Å². The Balaban J connectivity index is 1.81. The molecule has 3 rings (SSSR count). The van der Waals surface area contributed by atoms with Crippen molar-refractivity contribution >= 4 is 22.6 Å². The van der Waals surface area contributed by atoms with Crippen molar-refractivity contribution in [1.82, 2.24) is 9.55 Å². The van der Waals surface area contributed by atoms with Gasteiger partial charge in [-0.1, -0.05) is 35.9 Å². The van der Waals surface area contributed by atoms with Crippen LogP contribution in [0.3, 0.4) is 0 Å². The highest BCUT2D eigenvalue weighted by molar-refractivity contribution is 6.32. The molecule has 1 aromatic heterocycles. The molecule has 0 unspecified atom stereocenters. The lowest BCUT2D eigenvalue weighted by atomic mass is 10.3. The Morgan fingerprint density at radius 1 is 1.18 bits per heavy atom. The van der Waals surface area contributed by atoms with Crippen molar-refractivity contribution in [3.63, 3.8) is 0 Å². The smallest absolute Gasteiger partial charge is 0.138 e. The van der Waals surface area contributed by atoms with Crippen LogP contribution < -0.4 is 4.74 Å². The molecule has 2 aromatic carbocycles. The standard InChI is InChI=1S/C17H17ClN2O2/c1-12(21)17-19-14-7-3-4-8-15(14)20(17)10-11-22-16-9-5-2-6-13(16)18/h2-9,12,21H,10-11H2,1H3/t12-/m0/s1. The Hall–Kier alpha value is -2.04. The average molecular weight is 317 g/mol. The molecule has 0 aliphatic carbocycles. The van der Waals surface area contributed by atoms with Crippen molar-refractivity contribution in [3.8, 4) is 5.75 Å². The molecule has 1 heterocycles. The van der Waals surface area contributed by atoms with E-state index in [1.165, 1.54) is 0 Å². The molecule has 5 heteroatoms. The largest absolute Gasteiger partial charge is 0.490 e. The van der Waals surface area contributed by atoms with E-state index in [2.05, 4.69) is 4.98 Å². The minimum absolute atomic E-state index is 0.448. The summed E-state index contributed by atoms with van der Waals surface area (Å²) in [6.07, 6.45) is -0.632. The molecule has 22 heavy (non-hydrogen) atoms. The molecule has 0 radical (unpaired) electrons. The van der Waals surface area contributed by atoms with Gasteiger partial charge in [0.25, 0.3) is 0 Å². The number of aliphatic hydroxyl groups excluding tert-OH is 1. The van der Waals surface area contributed by atoms with Gasteiger partial charge in [0.15, 0.2) is 0 Å². The van der Waals surface area contributed by atoms with Crippen LogP contribution in [0.2, 0.25) is 5.02 Å². The predicted octanol–water partition coefficient (Wildman–Crippen LogP) is 3.82. The van der Waals surface area contributed by atoms with Gasteiger partial charge in [0.2, 0.25) is 0 Å². The Morgan fingerprint density at radius 2 is 1.91 bits per heavy atom. The molecular formula is C17H17ClN2O2. The molecule has 4 nitrogen and oxygen atoms in total. The zero-order valence-corrected chi connectivity index (χ0v) is 13.0. The van der Waals surface area contributed by atoms with E-state index in [1.807, 2.05) is 47.0 Å². The zero-order chi connectivity index (χ0) is 15.5. The highest BCUT2D eigenvalue weighted by Crippen LogP contribution is 2.24. The fraction of sp³-hybridized carbons (Fsp3) is 0.235. The SMILES string of the molecule is C[C@H](O)c1nc2ccccc2n1CCOc1ccccc1Cl. The summed E-state index contributed by atoms with van der Waals surface area (Å²) in [7, 11) is 0. The number of hydrogen-bond donors (Lipinski definition) is 1. The number of nitrogens with zero attached hydrogens (tertiary/aromatic N) is 2. The topological polar surface area (TPSA) is 47.3 Å². The van der Waals surface area contributed by atoms with Crippen LogP contribution >= 0.6 is 11.6 Å². The highest BCUT2D eigenvalue weighted by Gasteiger charge is 2.14. The summed E-state index contributed by atoms with van der Waals surface area (Å²) in [5.74, 6) is 1.30. The molecular weight excluding hydrogens is 300 g/mol. The molecule has 0 fully saturated rings. The van der Waals surface area contributed by atoms with Crippen LogP contribution in [-0.2, 0) is 6.54 Å². The van der Waals surface area contributed by atoms with Crippen molar-refractivity contribution < 1.29 is 9.84 Å². The molecule has 1 N–H and O–H groups in total. The maximum Gasteiger partial charge on any atom is 0.138 e. The van der Waals surface area contributed by atoms with E-state index in [0.29, 0.717) is 29.7 Å². The first kappa shape index (κ1) is 14.9. The average Bonchev–Trinajstić information content (AvgIpc) is 2.88. The fourth-order valence-corrected chi connectivity index (χ4v) is 2.65. The maximum atomic E-state index is 9.92. The summed E-state index contributed by atoms with van der Waals surface area (Å²) in [6, 6.07) is 15.2. The minimum Gasteiger partial charge on any atom is -0.490 e. The third kappa shape index (κ3) is 2.93. The van der Waals surface area contributed by atoms with E-state index in [9.17, 15) is 5.11 Å². The van der Waals surface area contributed by atoms with Gasteiger partial charge in [-0.2, -0.15) is 0 Å². The number of imidazole rings is 1. The maximum absolute atomic E-state index is 9.92. The number of halogens is 1. The normalized spacial score (nSPS) is 12.5. The summed E-state index contributed by atoms with van der Waals surface area (Å²) in [4.78, 5) is 4.49. The van der Waals surface area contributed by atoms with E-state index >= 15 is 0 Å². The van der Waals surface area contributed by atoms with Crippen LogP contribution in [-0.4, -0.2) is 21.3 Å². The molecule has 3 aromatic rings. The van der Waals surface area contributed by atoms with E-state index in [-0.39, 0.29) is 0 Å². The van der Waals surface area contributed by atoms with Crippen molar-refractivity contribution in [1.29, 1.82) is 0 Å². The summed E-state index contributed by atoms with van der Waals surface area (Å²) in [5.41, 5.74) is 1.86. The van der Waals surface area contributed by atoms with Gasteiger partial charge in [-0.25, -0.2) is 4.98 Å². The first-order valence-electron chi connectivity index (χ1n) is 7.17. The van der Waals surface area contributed by atoms with Crippen molar-refractivity contribution in [2.24, 2.45) is 0 Å². The van der Waals surface area contributed by atoms with Crippen LogP contribution in [0, 0.1) is 0 Å². The van der Waals surface area contributed by atoms with Crippen LogP contribution in [0.15, 0.2) is 48.5 Å². The summed E-state index contributed by atoms with van der Waals surface area (Å²) >= 11 is 6.08. The number of hydrogen-bond acceptors (Lipinski definition) is 3. The number of aliphatic hydroxyl groups is 1. The molecule has 0 aliphatic rings. The first-order valence-corrected chi connectivity index (χ1v) is 7.55. The number of aromatic nitrogens is 2. The quantitative estimate of drug-likeness (QED) is 0.778. The predicted molar refractivity (Wildman–Crippen MR) is 87.3 cm³/mol. The molecule has 0 saturated carbocycles. The lowest BCUT2D eigenvalue weighted by Gasteiger charge is -2.12. The van der Waals surface area contributed by atoms with E-state index in [4.69, 9.17) is 16.3 Å². The molecule has 0 aliphatic heterocycles. The van der Waals surface area contributed by atoms with E-state index in [0.717, 1.165) is 11.0 Å². The van der Waals surface area contributed by atoms with Crippen LogP contribution in [0.5, 0.6) is 5.75 Å². The van der Waals surface area contributed by atoms with Gasteiger partial charge < -0.3 is 14.4 Å². The van der Waals surface area contributed by atoms with E-state index in [1.54, 1.807) is 13.0 Å². The monoisotopic (exact) mass is 316 g/mol. The second-order valence-corrected chi connectivity index (χ2v) is 5.47. The third-order valence-corrected chi connectivity index (χ3v) is 3.78. The number of ether oxygens (including phenoxy) is 1. The molecule has 1 atom stereocenters. The van der Waals surface area contributed by atoms with Gasteiger partial charge in [-0.05, 0) is 31.2 Å². The van der Waals surface area contributed by atoms with Gasteiger partial charge in [0, 0.05) is 0 Å². The Morgan fingerprint density at radius 3 is 2.68 bits per heavy atom. The molecule has 0 spiro atoms. The number of fused-ring (bicyclic) bond motifs is 1. The van der Waals surface area contributed by atoms with Gasteiger partial charge >= 0.3 is 0 Å². The minimum atomic E-state index is -0.632. The second-order valence-electron chi connectivity index (χ2n) is 5.07. The lowest BCUT2D eigenvalue weighted by Crippen LogP contribution is -2.13. The first-order chi connectivity index (χ1) is 10.7. The number of rotatable bonds is 5. The van der Waals surface area contributed by atoms with Crippen LogP contribution in [0.1, 0.15) is 18.9 Å². The third-order valence-electron chi connectivity index (χ3n) is 3.47. The van der Waals surface area contributed by atoms with Gasteiger partial charge in [-0.3, -0.25) is 0 Å².